The van der Waals surface area contributed by atoms with Gasteiger partial charge in [-0.25, -0.2) is 0 Å². The molecule has 7 heteroatoms. The lowest BCUT2D eigenvalue weighted by Gasteiger charge is -2.25. The number of fused-ring (bicyclic) bond motifs is 3. The zero-order valence-electron chi connectivity index (χ0n) is 19.2. The summed E-state index contributed by atoms with van der Waals surface area (Å²) in [6.45, 7) is 3.12. The molecule has 3 aromatic carbocycles. The summed E-state index contributed by atoms with van der Waals surface area (Å²) in [5.41, 5.74) is 2.23. The highest BCUT2D eigenvalue weighted by molar-refractivity contribution is 5.99. The maximum atomic E-state index is 13.6. The van der Waals surface area contributed by atoms with Gasteiger partial charge in [-0.3, -0.25) is 9.59 Å². The van der Waals surface area contributed by atoms with Crippen LogP contribution in [0.25, 0.3) is 11.0 Å². The molecule has 3 heterocycles. The van der Waals surface area contributed by atoms with Crippen LogP contribution in [0, 0.1) is 0 Å². The minimum atomic E-state index is -0.594. The molecule has 0 saturated heterocycles. The summed E-state index contributed by atoms with van der Waals surface area (Å²) in [5, 5.41) is 0.455. The van der Waals surface area contributed by atoms with E-state index in [-0.39, 0.29) is 30.4 Å². The van der Waals surface area contributed by atoms with Crippen LogP contribution in [0.3, 0.4) is 0 Å². The number of rotatable bonds is 6. The Kier molecular flexibility index (Phi) is 5.17. The van der Waals surface area contributed by atoms with Gasteiger partial charge in [0, 0.05) is 6.54 Å². The van der Waals surface area contributed by atoms with Crippen LogP contribution in [0.15, 0.2) is 75.9 Å². The van der Waals surface area contributed by atoms with Crippen LogP contribution >= 0.6 is 0 Å². The third-order valence-electron chi connectivity index (χ3n) is 6.33. The van der Waals surface area contributed by atoms with Crippen LogP contribution in [0.4, 0.5) is 0 Å². The molecule has 1 aromatic heterocycles. The highest BCUT2D eigenvalue weighted by Crippen LogP contribution is 2.40. The Balaban J connectivity index is 1.46. The molecular formula is C28H23NO6. The molecule has 2 aliphatic rings. The molecule has 176 valence electrons. The van der Waals surface area contributed by atoms with Crippen molar-refractivity contribution >= 4 is 16.9 Å². The van der Waals surface area contributed by atoms with E-state index in [1.54, 1.807) is 29.2 Å². The summed E-state index contributed by atoms with van der Waals surface area (Å²) < 4.78 is 22.7. The zero-order chi connectivity index (χ0) is 23.9. The van der Waals surface area contributed by atoms with E-state index in [1.807, 2.05) is 49.4 Å². The van der Waals surface area contributed by atoms with E-state index < -0.39 is 6.04 Å². The predicted octanol–water partition coefficient (Wildman–Crippen LogP) is 5.06. The van der Waals surface area contributed by atoms with Gasteiger partial charge in [-0.05, 0) is 53.9 Å². The van der Waals surface area contributed by atoms with Gasteiger partial charge in [-0.15, -0.1) is 0 Å². The maximum Gasteiger partial charge on any atom is 0.291 e. The normalized spacial score (nSPS) is 16.1. The van der Waals surface area contributed by atoms with Crippen molar-refractivity contribution in [3.05, 3.63) is 99.4 Å². The van der Waals surface area contributed by atoms with Gasteiger partial charge in [-0.1, -0.05) is 37.3 Å². The average Bonchev–Trinajstić information content (AvgIpc) is 3.46. The summed E-state index contributed by atoms with van der Waals surface area (Å²) in [7, 11) is 0. The Morgan fingerprint density at radius 1 is 0.971 bits per heavy atom. The molecule has 1 atom stereocenters. The van der Waals surface area contributed by atoms with E-state index >= 15 is 0 Å². The molecule has 0 radical (unpaired) electrons. The van der Waals surface area contributed by atoms with Crippen molar-refractivity contribution in [1.82, 2.24) is 4.90 Å². The van der Waals surface area contributed by atoms with Crippen molar-refractivity contribution in [3.63, 3.8) is 0 Å². The number of ether oxygens (including phenoxy) is 3. The topological polar surface area (TPSA) is 78.2 Å². The third kappa shape index (κ3) is 3.60. The molecule has 2 aliphatic heterocycles. The molecule has 6 rings (SSSR count). The first-order valence-electron chi connectivity index (χ1n) is 11.6. The molecular weight excluding hydrogens is 446 g/mol. The van der Waals surface area contributed by atoms with E-state index in [0.717, 1.165) is 23.3 Å². The number of benzene rings is 3. The number of carbonyl (C=O) groups excluding carboxylic acids is 1. The fourth-order valence-electron chi connectivity index (χ4n) is 4.68. The number of hydrogen-bond donors (Lipinski definition) is 0. The van der Waals surface area contributed by atoms with Gasteiger partial charge in [0.2, 0.25) is 12.6 Å². The van der Waals surface area contributed by atoms with E-state index in [0.29, 0.717) is 34.6 Å². The lowest BCUT2D eigenvalue weighted by atomic mass is 9.98. The quantitative estimate of drug-likeness (QED) is 0.393. The van der Waals surface area contributed by atoms with E-state index in [1.165, 1.54) is 0 Å². The first-order chi connectivity index (χ1) is 17.1. The van der Waals surface area contributed by atoms with Gasteiger partial charge in [0.05, 0.1) is 23.6 Å². The zero-order valence-corrected chi connectivity index (χ0v) is 19.2. The second-order valence-corrected chi connectivity index (χ2v) is 8.61. The molecule has 0 N–H and O–H groups in total. The lowest BCUT2D eigenvalue weighted by Crippen LogP contribution is -2.29. The highest BCUT2D eigenvalue weighted by Gasteiger charge is 2.42. The number of hydrogen-bond acceptors (Lipinski definition) is 6. The van der Waals surface area contributed by atoms with Crippen molar-refractivity contribution in [2.45, 2.75) is 25.9 Å². The van der Waals surface area contributed by atoms with Crippen molar-refractivity contribution in [2.75, 3.05) is 13.4 Å². The van der Waals surface area contributed by atoms with Crippen LogP contribution in [-0.4, -0.2) is 24.2 Å². The Morgan fingerprint density at radius 3 is 2.60 bits per heavy atom. The molecule has 1 unspecified atom stereocenters. The van der Waals surface area contributed by atoms with Gasteiger partial charge in [0.1, 0.15) is 11.3 Å². The summed E-state index contributed by atoms with van der Waals surface area (Å²) in [6.07, 6.45) is 0.906. The molecule has 0 bridgehead atoms. The maximum absolute atomic E-state index is 13.6. The summed E-state index contributed by atoms with van der Waals surface area (Å²) >= 11 is 0. The van der Waals surface area contributed by atoms with Gasteiger partial charge in [0.15, 0.2) is 16.9 Å². The molecule has 7 nitrogen and oxygen atoms in total. The molecule has 0 fully saturated rings. The Hall–Kier alpha value is -4.26. The molecule has 1 amide bonds. The summed E-state index contributed by atoms with van der Waals surface area (Å²) in [4.78, 5) is 28.9. The monoisotopic (exact) mass is 469 g/mol. The van der Waals surface area contributed by atoms with Crippen LogP contribution < -0.4 is 19.6 Å². The minimum absolute atomic E-state index is 0.0887. The molecule has 0 aliphatic carbocycles. The molecule has 35 heavy (non-hydrogen) atoms. The lowest BCUT2D eigenvalue weighted by molar-refractivity contribution is 0.0714. The van der Waals surface area contributed by atoms with Crippen molar-refractivity contribution in [3.8, 4) is 17.2 Å². The molecule has 0 saturated carbocycles. The highest BCUT2D eigenvalue weighted by atomic mass is 16.7. The van der Waals surface area contributed by atoms with E-state index in [4.69, 9.17) is 18.6 Å². The first-order valence-corrected chi connectivity index (χ1v) is 11.6. The average molecular weight is 469 g/mol. The number of para-hydroxylation sites is 1. The fourth-order valence-corrected chi connectivity index (χ4v) is 4.68. The third-order valence-corrected chi connectivity index (χ3v) is 6.33. The second kappa shape index (κ2) is 8.51. The molecule has 0 spiro atoms. The summed E-state index contributed by atoms with van der Waals surface area (Å²) in [6, 6.07) is 19.6. The van der Waals surface area contributed by atoms with Crippen LogP contribution in [0.2, 0.25) is 0 Å². The fraction of sp³-hybridized carbons (Fsp3) is 0.214. The van der Waals surface area contributed by atoms with Crippen molar-refractivity contribution in [2.24, 2.45) is 0 Å². The standard InChI is InChI=1S/C28H23NO6/c1-2-13-32-19-10-8-18(9-11-19)25-24-26(30)20-5-3-4-6-21(20)35-27(24)28(31)29(25)15-17-7-12-22-23(14-17)34-16-33-22/h3-12,14,25H,2,13,15-16H2,1H3. The van der Waals surface area contributed by atoms with Crippen LogP contribution in [0.5, 0.6) is 17.2 Å². The van der Waals surface area contributed by atoms with Crippen LogP contribution in [0.1, 0.15) is 46.6 Å². The van der Waals surface area contributed by atoms with Gasteiger partial charge in [-0.2, -0.15) is 0 Å². The number of carbonyl (C=O) groups is 1. The minimum Gasteiger partial charge on any atom is -0.494 e. The SMILES string of the molecule is CCCOc1ccc(C2c3c(oc4ccccc4c3=O)C(=O)N2Cc2ccc3c(c2)OCO3)cc1. The second-order valence-electron chi connectivity index (χ2n) is 8.61. The summed E-state index contributed by atoms with van der Waals surface area (Å²) in [5.74, 6) is 1.82. The number of nitrogens with zero attached hydrogens (tertiary/aromatic N) is 1. The molecule has 4 aromatic rings. The predicted molar refractivity (Wildman–Crippen MR) is 129 cm³/mol. The van der Waals surface area contributed by atoms with E-state index in [9.17, 15) is 9.59 Å². The van der Waals surface area contributed by atoms with E-state index in [2.05, 4.69) is 0 Å². The van der Waals surface area contributed by atoms with Crippen LogP contribution in [-0.2, 0) is 6.54 Å². The Morgan fingerprint density at radius 2 is 1.77 bits per heavy atom. The Labute approximate surface area is 201 Å². The van der Waals surface area contributed by atoms with Gasteiger partial charge >= 0.3 is 0 Å². The first kappa shape index (κ1) is 21.3. The Bertz CT molecular complexity index is 1490. The smallest absolute Gasteiger partial charge is 0.291 e. The van der Waals surface area contributed by atoms with Crippen molar-refractivity contribution in [1.29, 1.82) is 0 Å². The number of amides is 1. The van der Waals surface area contributed by atoms with Gasteiger partial charge < -0.3 is 23.5 Å². The van der Waals surface area contributed by atoms with Gasteiger partial charge in [0.25, 0.3) is 5.91 Å². The largest absolute Gasteiger partial charge is 0.494 e. The van der Waals surface area contributed by atoms with Crippen molar-refractivity contribution < 1.29 is 23.4 Å².